The quantitative estimate of drug-likeness (QED) is 0.429. The zero-order valence-electron chi connectivity index (χ0n) is 19.5. The van der Waals surface area contributed by atoms with Crippen LogP contribution in [0.25, 0.3) is 0 Å². The number of nitrogens with one attached hydrogen (secondary N) is 2. The number of benzene rings is 1. The summed E-state index contributed by atoms with van der Waals surface area (Å²) in [6, 6.07) is 4.96. The fourth-order valence-corrected chi connectivity index (χ4v) is 3.36. The van der Waals surface area contributed by atoms with Gasteiger partial charge in [0, 0.05) is 33.4 Å². The Kier molecular flexibility index (Phi) is 9.36. The second-order valence-corrected chi connectivity index (χ2v) is 7.60. The van der Waals surface area contributed by atoms with Crippen LogP contribution in [0.1, 0.15) is 33.3 Å². The summed E-state index contributed by atoms with van der Waals surface area (Å²) in [5.74, 6) is -2.90. The molecule has 0 radical (unpaired) electrons. The van der Waals surface area contributed by atoms with E-state index in [1.165, 1.54) is 0 Å². The lowest BCUT2D eigenvalue weighted by Gasteiger charge is -2.44. The van der Waals surface area contributed by atoms with Gasteiger partial charge in [0.25, 0.3) is 0 Å². The lowest BCUT2D eigenvalue weighted by Crippen LogP contribution is -2.67. The molecule has 0 saturated carbocycles. The molecule has 34 heavy (non-hydrogen) atoms. The van der Waals surface area contributed by atoms with Gasteiger partial charge in [-0.25, -0.2) is 4.79 Å². The number of carbonyl (C=O) groups is 5. The van der Waals surface area contributed by atoms with Gasteiger partial charge in [0.2, 0.25) is 6.29 Å². The van der Waals surface area contributed by atoms with Crippen molar-refractivity contribution in [3.8, 4) is 0 Å². The number of hydrogen-bond donors (Lipinski definition) is 2. The van der Waals surface area contributed by atoms with Gasteiger partial charge in [-0.1, -0.05) is 12.1 Å². The van der Waals surface area contributed by atoms with Crippen LogP contribution in [0.2, 0.25) is 0 Å². The van der Waals surface area contributed by atoms with E-state index in [9.17, 15) is 24.0 Å². The summed E-state index contributed by atoms with van der Waals surface area (Å²) in [4.78, 5) is 59.4. The van der Waals surface area contributed by atoms with Gasteiger partial charge in [0.1, 0.15) is 18.8 Å². The van der Waals surface area contributed by atoms with Gasteiger partial charge in [0.05, 0.1) is 0 Å². The molecular formula is C22H28N2O10. The molecule has 1 heterocycles. The highest BCUT2D eigenvalue weighted by atomic mass is 16.7. The molecular weight excluding hydrogens is 452 g/mol. The molecule has 0 aromatic heterocycles. The van der Waals surface area contributed by atoms with Crippen LogP contribution in [0, 0.1) is 6.92 Å². The summed E-state index contributed by atoms with van der Waals surface area (Å²) < 4.78 is 26.6. The van der Waals surface area contributed by atoms with Gasteiger partial charge in [-0.3, -0.25) is 19.2 Å². The largest absolute Gasteiger partial charge is 0.463 e. The second-order valence-electron chi connectivity index (χ2n) is 7.60. The van der Waals surface area contributed by atoms with Crippen LogP contribution in [0.3, 0.4) is 0 Å². The molecule has 186 valence electrons. The molecule has 5 atom stereocenters. The number of anilines is 1. The van der Waals surface area contributed by atoms with Crippen LogP contribution >= 0.6 is 0 Å². The number of esters is 4. The Labute approximate surface area is 196 Å². The standard InChI is InChI=1S/C22H28N2O10/c1-11-7-6-8-16(9-11)23-22(29)24-18-20(32-14(4)27)19(31-13(3)26)17(10-30-12(2)25)34-21(18)33-15(5)28/h6-9,17-21H,10H2,1-5H3,(H2,23,24,29)/t17-,18-,19-,20-,21-/m1/s1. The van der Waals surface area contributed by atoms with Crippen LogP contribution in [0.15, 0.2) is 24.3 Å². The van der Waals surface area contributed by atoms with Gasteiger partial charge in [0.15, 0.2) is 12.2 Å². The van der Waals surface area contributed by atoms with E-state index < -0.39 is 67.2 Å². The van der Waals surface area contributed by atoms with E-state index in [-0.39, 0.29) is 0 Å². The Morgan fingerprint density at radius 2 is 1.50 bits per heavy atom. The molecule has 2 amide bonds. The minimum atomic E-state index is -1.46. The first-order valence-electron chi connectivity index (χ1n) is 10.4. The van der Waals surface area contributed by atoms with Crippen molar-refractivity contribution in [1.82, 2.24) is 5.32 Å². The Balaban J connectivity index is 2.38. The maximum absolute atomic E-state index is 12.7. The van der Waals surface area contributed by atoms with Gasteiger partial charge in [-0.05, 0) is 24.6 Å². The minimum Gasteiger partial charge on any atom is -0.463 e. The lowest BCUT2D eigenvalue weighted by molar-refractivity contribution is -0.270. The van der Waals surface area contributed by atoms with Crippen molar-refractivity contribution in [2.45, 2.75) is 65.3 Å². The lowest BCUT2D eigenvalue weighted by atomic mass is 9.96. The predicted molar refractivity (Wildman–Crippen MR) is 115 cm³/mol. The van der Waals surface area contributed by atoms with Crippen molar-refractivity contribution >= 4 is 35.6 Å². The van der Waals surface area contributed by atoms with E-state index in [0.717, 1.165) is 33.3 Å². The zero-order valence-corrected chi connectivity index (χ0v) is 19.5. The Morgan fingerprint density at radius 1 is 0.882 bits per heavy atom. The molecule has 0 unspecified atom stereocenters. The van der Waals surface area contributed by atoms with E-state index in [1.54, 1.807) is 18.2 Å². The summed E-state index contributed by atoms with van der Waals surface area (Å²) in [5.41, 5.74) is 1.38. The van der Waals surface area contributed by atoms with Crippen molar-refractivity contribution in [2.75, 3.05) is 11.9 Å². The highest BCUT2D eigenvalue weighted by molar-refractivity contribution is 5.89. The van der Waals surface area contributed by atoms with Gasteiger partial charge < -0.3 is 34.3 Å². The summed E-state index contributed by atoms with van der Waals surface area (Å²) in [5, 5.41) is 5.18. The minimum absolute atomic E-state index is 0.398. The molecule has 2 N–H and O–H groups in total. The maximum Gasteiger partial charge on any atom is 0.319 e. The monoisotopic (exact) mass is 480 g/mol. The van der Waals surface area contributed by atoms with E-state index in [4.69, 9.17) is 23.7 Å². The fraction of sp³-hybridized carbons (Fsp3) is 0.500. The first-order valence-corrected chi connectivity index (χ1v) is 10.4. The van der Waals surface area contributed by atoms with E-state index in [2.05, 4.69) is 10.6 Å². The van der Waals surface area contributed by atoms with Gasteiger partial charge >= 0.3 is 29.9 Å². The normalized spacial score (nSPS) is 23.7. The second kappa shape index (κ2) is 12.0. The predicted octanol–water partition coefficient (Wildman–Crippen LogP) is 1.20. The van der Waals surface area contributed by atoms with Crippen LogP contribution in [-0.2, 0) is 42.9 Å². The third-order valence-corrected chi connectivity index (χ3v) is 4.56. The van der Waals surface area contributed by atoms with Crippen LogP contribution in [-0.4, -0.2) is 67.2 Å². The molecule has 1 aromatic carbocycles. The van der Waals surface area contributed by atoms with Gasteiger partial charge in [-0.15, -0.1) is 0 Å². The number of hydrogen-bond acceptors (Lipinski definition) is 10. The van der Waals surface area contributed by atoms with Crippen LogP contribution < -0.4 is 10.6 Å². The highest BCUT2D eigenvalue weighted by Gasteiger charge is 2.52. The molecule has 1 aromatic rings. The van der Waals surface area contributed by atoms with Crippen molar-refractivity contribution in [1.29, 1.82) is 0 Å². The molecule has 1 aliphatic rings. The first kappa shape index (κ1) is 26.6. The Hall–Kier alpha value is -3.67. The van der Waals surface area contributed by atoms with Crippen LogP contribution in [0.4, 0.5) is 10.5 Å². The third-order valence-electron chi connectivity index (χ3n) is 4.56. The Morgan fingerprint density at radius 3 is 2.06 bits per heavy atom. The summed E-state index contributed by atoms with van der Waals surface area (Å²) in [6.07, 6.45) is -5.27. The number of aryl methyl sites for hydroxylation is 1. The number of ether oxygens (including phenoxy) is 5. The van der Waals surface area contributed by atoms with Crippen molar-refractivity contribution in [3.05, 3.63) is 29.8 Å². The summed E-state index contributed by atoms with van der Waals surface area (Å²) >= 11 is 0. The fourth-order valence-electron chi connectivity index (χ4n) is 3.36. The maximum atomic E-state index is 12.7. The van der Waals surface area contributed by atoms with E-state index in [0.29, 0.717) is 5.69 Å². The molecule has 1 saturated heterocycles. The number of rotatable bonds is 7. The highest BCUT2D eigenvalue weighted by Crippen LogP contribution is 2.28. The van der Waals surface area contributed by atoms with E-state index in [1.807, 2.05) is 13.0 Å². The summed E-state index contributed by atoms with van der Waals surface area (Å²) in [6.45, 7) is 5.97. The number of amides is 2. The molecule has 12 heteroatoms. The Bertz CT molecular complexity index is 934. The van der Waals surface area contributed by atoms with Crippen molar-refractivity contribution < 1.29 is 47.7 Å². The number of urea groups is 1. The van der Waals surface area contributed by atoms with Crippen LogP contribution in [0.5, 0.6) is 0 Å². The topological polar surface area (TPSA) is 156 Å². The average molecular weight is 480 g/mol. The third kappa shape index (κ3) is 8.03. The summed E-state index contributed by atoms with van der Waals surface area (Å²) in [7, 11) is 0. The molecule has 0 spiro atoms. The molecule has 1 aliphatic heterocycles. The van der Waals surface area contributed by atoms with Crippen molar-refractivity contribution in [2.24, 2.45) is 0 Å². The molecule has 12 nitrogen and oxygen atoms in total. The molecule has 0 aliphatic carbocycles. The average Bonchev–Trinajstić information content (AvgIpc) is 2.70. The zero-order chi connectivity index (χ0) is 25.4. The first-order chi connectivity index (χ1) is 16.0. The molecule has 0 bridgehead atoms. The smallest absolute Gasteiger partial charge is 0.319 e. The molecule has 2 rings (SSSR count). The molecule has 1 fully saturated rings. The van der Waals surface area contributed by atoms with Gasteiger partial charge in [-0.2, -0.15) is 0 Å². The van der Waals surface area contributed by atoms with Crippen molar-refractivity contribution in [3.63, 3.8) is 0 Å². The number of carbonyl (C=O) groups excluding carboxylic acids is 5. The SMILES string of the molecule is CC(=O)OC[C@H]1O[C@@H](OC(C)=O)[C@H](NC(=O)Nc2cccc(C)c2)[C@@H](OC(C)=O)[C@@H]1OC(C)=O. The van der Waals surface area contributed by atoms with E-state index >= 15 is 0 Å².